The average molecular weight is 326 g/mol. The van der Waals surface area contributed by atoms with E-state index in [0.717, 1.165) is 19.3 Å². The summed E-state index contributed by atoms with van der Waals surface area (Å²) >= 11 is 0. The van der Waals surface area contributed by atoms with Crippen molar-refractivity contribution in [3.05, 3.63) is 24.3 Å². The molecule has 0 aliphatic carbocycles. The number of hydrogen-bond acceptors (Lipinski definition) is 4. The summed E-state index contributed by atoms with van der Waals surface area (Å²) in [4.78, 5) is 14.0. The highest BCUT2D eigenvalue weighted by Gasteiger charge is 2.24. The number of methoxy groups -OCH3 is 1. The van der Waals surface area contributed by atoms with E-state index in [4.69, 9.17) is 4.74 Å². The van der Waals surface area contributed by atoms with Crippen LogP contribution in [0.3, 0.4) is 0 Å². The Bertz CT molecular complexity index is 630. The molecule has 0 saturated carbocycles. The van der Waals surface area contributed by atoms with E-state index in [1.165, 1.54) is 19.2 Å². The number of nitrogens with zero attached hydrogens (tertiary/aromatic N) is 1. The monoisotopic (exact) mass is 326 g/mol. The lowest BCUT2D eigenvalue weighted by atomic mass is 10.0. The quantitative estimate of drug-likeness (QED) is 0.887. The zero-order valence-corrected chi connectivity index (χ0v) is 13.7. The minimum Gasteiger partial charge on any atom is -0.497 e. The van der Waals surface area contributed by atoms with Gasteiger partial charge in [-0.2, -0.15) is 0 Å². The predicted octanol–water partition coefficient (Wildman–Crippen LogP) is 1.37. The first-order valence-electron chi connectivity index (χ1n) is 7.37. The van der Waals surface area contributed by atoms with Gasteiger partial charge in [0.25, 0.3) is 0 Å². The van der Waals surface area contributed by atoms with Crippen molar-refractivity contribution in [2.24, 2.45) is 0 Å². The summed E-state index contributed by atoms with van der Waals surface area (Å²) in [5.74, 6) is 0.275. The smallest absolute Gasteiger partial charge is 0.241 e. The highest BCUT2D eigenvalue weighted by Crippen LogP contribution is 2.18. The van der Waals surface area contributed by atoms with E-state index in [1.807, 2.05) is 6.92 Å². The lowest BCUT2D eigenvalue weighted by Gasteiger charge is -2.33. The van der Waals surface area contributed by atoms with Crippen molar-refractivity contribution in [2.75, 3.05) is 20.2 Å². The largest absolute Gasteiger partial charge is 0.497 e. The molecule has 1 aromatic carbocycles. The lowest BCUT2D eigenvalue weighted by Crippen LogP contribution is -2.46. The fraction of sp³-hybridized carbons (Fsp3) is 0.533. The molecule has 1 saturated heterocycles. The fourth-order valence-corrected chi connectivity index (χ4v) is 3.59. The van der Waals surface area contributed by atoms with Crippen molar-refractivity contribution in [2.45, 2.75) is 37.1 Å². The molecular weight excluding hydrogens is 304 g/mol. The van der Waals surface area contributed by atoms with Crippen LogP contribution in [0.4, 0.5) is 0 Å². The zero-order chi connectivity index (χ0) is 16.2. The number of carbonyl (C=O) groups is 1. The molecule has 22 heavy (non-hydrogen) atoms. The van der Waals surface area contributed by atoms with Crippen molar-refractivity contribution < 1.29 is 17.9 Å². The molecule has 2 rings (SSSR count). The third-order valence-electron chi connectivity index (χ3n) is 3.89. The van der Waals surface area contributed by atoms with Crippen LogP contribution in [0.5, 0.6) is 5.75 Å². The van der Waals surface area contributed by atoms with Gasteiger partial charge in [-0.1, -0.05) is 6.07 Å². The summed E-state index contributed by atoms with van der Waals surface area (Å²) in [6, 6.07) is 6.33. The molecule has 0 radical (unpaired) electrons. The highest BCUT2D eigenvalue weighted by atomic mass is 32.2. The van der Waals surface area contributed by atoms with Gasteiger partial charge in [-0.15, -0.1) is 0 Å². The van der Waals surface area contributed by atoms with Gasteiger partial charge >= 0.3 is 0 Å². The van der Waals surface area contributed by atoms with Crippen molar-refractivity contribution >= 4 is 15.9 Å². The van der Waals surface area contributed by atoms with E-state index < -0.39 is 10.0 Å². The van der Waals surface area contributed by atoms with Gasteiger partial charge in [0.05, 0.1) is 18.6 Å². The van der Waals surface area contributed by atoms with Gasteiger partial charge in [0, 0.05) is 18.7 Å². The Labute approximate surface area is 131 Å². The second-order valence-corrected chi connectivity index (χ2v) is 7.20. The molecule has 1 N–H and O–H groups in total. The van der Waals surface area contributed by atoms with Crippen LogP contribution in [0.1, 0.15) is 26.2 Å². The molecule has 1 unspecified atom stereocenters. The van der Waals surface area contributed by atoms with Crippen molar-refractivity contribution in [1.82, 2.24) is 9.62 Å². The summed E-state index contributed by atoms with van der Waals surface area (Å²) in [5.41, 5.74) is 0. The number of ether oxygens (including phenoxy) is 1. The first-order valence-corrected chi connectivity index (χ1v) is 8.85. The molecule has 0 bridgehead atoms. The molecule has 1 fully saturated rings. The van der Waals surface area contributed by atoms with Gasteiger partial charge in [-0.3, -0.25) is 4.79 Å². The molecule has 7 heteroatoms. The van der Waals surface area contributed by atoms with Gasteiger partial charge in [0.1, 0.15) is 5.75 Å². The maximum absolute atomic E-state index is 12.2. The molecule has 1 aliphatic heterocycles. The number of sulfonamides is 1. The fourth-order valence-electron chi connectivity index (χ4n) is 2.58. The minimum atomic E-state index is -3.72. The third kappa shape index (κ3) is 3.98. The number of hydrogen-bond donors (Lipinski definition) is 1. The minimum absolute atomic E-state index is 0.0892. The third-order valence-corrected chi connectivity index (χ3v) is 5.29. The number of amides is 1. The number of carbonyl (C=O) groups excluding carboxylic acids is 1. The maximum atomic E-state index is 12.2. The molecular formula is C15H22N2O4S. The number of benzene rings is 1. The Hall–Kier alpha value is -1.60. The Balaban J connectivity index is 2.01. The second-order valence-electron chi connectivity index (χ2n) is 5.44. The van der Waals surface area contributed by atoms with Crippen molar-refractivity contribution in [3.63, 3.8) is 0 Å². The van der Waals surface area contributed by atoms with Crippen LogP contribution >= 0.6 is 0 Å². The Morgan fingerprint density at radius 1 is 1.41 bits per heavy atom. The molecule has 1 amide bonds. The summed E-state index contributed by atoms with van der Waals surface area (Å²) < 4.78 is 31.9. The van der Waals surface area contributed by atoms with Crippen LogP contribution in [0.2, 0.25) is 0 Å². The highest BCUT2D eigenvalue weighted by molar-refractivity contribution is 7.89. The van der Waals surface area contributed by atoms with Gasteiger partial charge in [-0.05, 0) is 38.3 Å². The maximum Gasteiger partial charge on any atom is 0.241 e. The lowest BCUT2D eigenvalue weighted by molar-refractivity contribution is -0.133. The van der Waals surface area contributed by atoms with E-state index in [-0.39, 0.29) is 23.4 Å². The van der Waals surface area contributed by atoms with E-state index in [2.05, 4.69) is 4.72 Å². The number of nitrogens with one attached hydrogen (secondary N) is 1. The Morgan fingerprint density at radius 3 is 2.86 bits per heavy atom. The SMILES string of the molecule is COc1cccc(S(=O)(=O)NCC(=O)N2CCCCC2C)c1. The number of piperidine rings is 1. The van der Waals surface area contributed by atoms with E-state index in [1.54, 1.807) is 17.0 Å². The molecule has 1 heterocycles. The van der Waals surface area contributed by atoms with Gasteiger partial charge in [0.2, 0.25) is 15.9 Å². The summed E-state index contributed by atoms with van der Waals surface area (Å²) in [7, 11) is -2.25. The van der Waals surface area contributed by atoms with Gasteiger partial charge < -0.3 is 9.64 Å². The summed E-state index contributed by atoms with van der Waals surface area (Å²) in [6.07, 6.45) is 3.05. The first kappa shape index (κ1) is 16.8. The molecule has 0 aromatic heterocycles. The van der Waals surface area contributed by atoms with Crippen molar-refractivity contribution in [1.29, 1.82) is 0 Å². The van der Waals surface area contributed by atoms with E-state index in [9.17, 15) is 13.2 Å². The predicted molar refractivity (Wildman–Crippen MR) is 83.2 cm³/mol. The van der Waals surface area contributed by atoms with Crippen LogP contribution in [0.25, 0.3) is 0 Å². The van der Waals surface area contributed by atoms with Gasteiger partial charge in [0.15, 0.2) is 0 Å². The Kier molecular flexibility index (Phi) is 5.42. The standard InChI is InChI=1S/C15H22N2O4S/c1-12-6-3-4-9-17(12)15(18)11-16-22(19,20)14-8-5-7-13(10-14)21-2/h5,7-8,10,12,16H,3-4,6,9,11H2,1-2H3. The molecule has 0 spiro atoms. The van der Waals surface area contributed by atoms with Crippen LogP contribution in [0, 0.1) is 0 Å². The van der Waals surface area contributed by atoms with Crippen molar-refractivity contribution in [3.8, 4) is 5.75 Å². The van der Waals surface area contributed by atoms with Crippen LogP contribution in [-0.2, 0) is 14.8 Å². The van der Waals surface area contributed by atoms with Crippen LogP contribution in [-0.4, -0.2) is 45.5 Å². The Morgan fingerprint density at radius 2 is 2.18 bits per heavy atom. The molecule has 6 nitrogen and oxygen atoms in total. The average Bonchev–Trinajstić information content (AvgIpc) is 2.53. The van der Waals surface area contributed by atoms with Crippen LogP contribution in [0.15, 0.2) is 29.2 Å². The summed E-state index contributed by atoms with van der Waals surface area (Å²) in [5, 5.41) is 0. The van der Waals surface area contributed by atoms with E-state index >= 15 is 0 Å². The summed E-state index contributed by atoms with van der Waals surface area (Å²) in [6.45, 7) is 2.47. The van der Waals surface area contributed by atoms with Gasteiger partial charge in [-0.25, -0.2) is 13.1 Å². The second kappa shape index (κ2) is 7.11. The molecule has 1 aromatic rings. The zero-order valence-electron chi connectivity index (χ0n) is 12.9. The number of likely N-dealkylation sites (tertiary alicyclic amines) is 1. The first-order chi connectivity index (χ1) is 10.4. The normalized spacial score (nSPS) is 19.0. The number of rotatable bonds is 5. The molecule has 122 valence electrons. The molecule has 1 aliphatic rings. The topological polar surface area (TPSA) is 75.7 Å². The molecule has 1 atom stereocenters. The van der Waals surface area contributed by atoms with E-state index in [0.29, 0.717) is 12.3 Å². The van der Waals surface area contributed by atoms with Crippen LogP contribution < -0.4 is 9.46 Å².